The molecule has 0 radical (unpaired) electrons. The quantitative estimate of drug-likeness (QED) is 0.736. The molecule has 0 spiro atoms. The van der Waals surface area contributed by atoms with E-state index >= 15 is 0 Å². The number of rotatable bonds is 6. The first-order valence-corrected chi connectivity index (χ1v) is 9.03. The van der Waals surface area contributed by atoms with Crippen LogP contribution in [0.25, 0.3) is 0 Å². The fraction of sp³-hybridized carbons (Fsp3) is 0.455. The molecule has 2 aliphatic rings. The van der Waals surface area contributed by atoms with Gasteiger partial charge in [-0.25, -0.2) is 0 Å². The van der Waals surface area contributed by atoms with Gasteiger partial charge in [-0.3, -0.25) is 0 Å². The molecule has 3 unspecified atom stereocenters. The van der Waals surface area contributed by atoms with Crippen LogP contribution in [0, 0.1) is 27.7 Å². The SMILES string of the molecule is Cc1cccc(C)c1C1OC1(COCC1CO1)c1c(C)cccc1C. The van der Waals surface area contributed by atoms with Crippen molar-refractivity contribution < 1.29 is 14.2 Å². The summed E-state index contributed by atoms with van der Waals surface area (Å²) in [5, 5.41) is 0. The summed E-state index contributed by atoms with van der Waals surface area (Å²) in [6, 6.07) is 12.9. The second-order valence-electron chi connectivity index (χ2n) is 7.43. The summed E-state index contributed by atoms with van der Waals surface area (Å²) in [5.41, 5.74) is 7.28. The van der Waals surface area contributed by atoms with Crippen LogP contribution in [0.2, 0.25) is 0 Å². The molecule has 0 N–H and O–H groups in total. The van der Waals surface area contributed by atoms with E-state index in [2.05, 4.69) is 64.1 Å². The van der Waals surface area contributed by atoms with Gasteiger partial charge in [-0.05, 0) is 61.1 Å². The van der Waals surface area contributed by atoms with Crippen LogP contribution in [0.15, 0.2) is 36.4 Å². The molecule has 3 atom stereocenters. The van der Waals surface area contributed by atoms with Crippen LogP contribution in [0.5, 0.6) is 0 Å². The highest BCUT2D eigenvalue weighted by molar-refractivity contribution is 5.48. The van der Waals surface area contributed by atoms with Crippen LogP contribution >= 0.6 is 0 Å². The fourth-order valence-corrected chi connectivity index (χ4v) is 4.07. The predicted octanol–water partition coefficient (Wildman–Crippen LogP) is 4.30. The Bertz CT molecular complexity index is 753. The van der Waals surface area contributed by atoms with Crippen molar-refractivity contribution in [2.24, 2.45) is 0 Å². The molecule has 0 aromatic heterocycles. The van der Waals surface area contributed by atoms with Gasteiger partial charge in [-0.15, -0.1) is 0 Å². The Morgan fingerprint density at radius 3 is 2.08 bits per heavy atom. The Labute approximate surface area is 149 Å². The normalized spacial score (nSPS) is 27.4. The largest absolute Gasteiger partial charge is 0.375 e. The number of benzene rings is 2. The van der Waals surface area contributed by atoms with Gasteiger partial charge in [0.1, 0.15) is 17.8 Å². The van der Waals surface area contributed by atoms with Crippen LogP contribution < -0.4 is 0 Å². The third kappa shape index (κ3) is 3.01. The van der Waals surface area contributed by atoms with E-state index in [0.29, 0.717) is 13.2 Å². The molecule has 132 valence electrons. The molecule has 2 aromatic rings. The Morgan fingerprint density at radius 2 is 1.52 bits per heavy atom. The lowest BCUT2D eigenvalue weighted by molar-refractivity contribution is 0.0667. The summed E-state index contributed by atoms with van der Waals surface area (Å²) in [7, 11) is 0. The van der Waals surface area contributed by atoms with E-state index in [1.54, 1.807) is 0 Å². The van der Waals surface area contributed by atoms with Gasteiger partial charge in [0.25, 0.3) is 0 Å². The van der Waals surface area contributed by atoms with E-state index in [9.17, 15) is 0 Å². The number of epoxide rings is 2. The Morgan fingerprint density at radius 1 is 0.960 bits per heavy atom. The predicted molar refractivity (Wildman–Crippen MR) is 97.9 cm³/mol. The number of hydrogen-bond acceptors (Lipinski definition) is 3. The first-order chi connectivity index (χ1) is 12.0. The summed E-state index contributed by atoms with van der Waals surface area (Å²) < 4.78 is 17.7. The van der Waals surface area contributed by atoms with Gasteiger partial charge in [0, 0.05) is 0 Å². The first-order valence-electron chi connectivity index (χ1n) is 9.03. The zero-order valence-corrected chi connectivity index (χ0v) is 15.5. The lowest BCUT2D eigenvalue weighted by atomic mass is 9.84. The van der Waals surface area contributed by atoms with Crippen molar-refractivity contribution in [1.82, 2.24) is 0 Å². The minimum Gasteiger partial charge on any atom is -0.375 e. The van der Waals surface area contributed by atoms with Gasteiger partial charge >= 0.3 is 0 Å². The second-order valence-corrected chi connectivity index (χ2v) is 7.43. The average Bonchev–Trinajstić information content (AvgIpc) is 3.46. The summed E-state index contributed by atoms with van der Waals surface area (Å²) in [6.07, 6.45) is 0.320. The maximum atomic E-state index is 6.44. The molecule has 2 saturated heterocycles. The zero-order chi connectivity index (χ0) is 17.6. The maximum Gasteiger partial charge on any atom is 0.148 e. The molecule has 3 nitrogen and oxygen atoms in total. The van der Waals surface area contributed by atoms with Crippen LogP contribution in [-0.2, 0) is 19.8 Å². The van der Waals surface area contributed by atoms with E-state index < -0.39 is 0 Å². The van der Waals surface area contributed by atoms with Gasteiger partial charge in [-0.2, -0.15) is 0 Å². The van der Waals surface area contributed by atoms with E-state index in [1.807, 2.05) is 0 Å². The van der Waals surface area contributed by atoms with Crippen LogP contribution in [0.3, 0.4) is 0 Å². The molecule has 4 rings (SSSR count). The van der Waals surface area contributed by atoms with E-state index in [0.717, 1.165) is 6.61 Å². The number of hydrogen-bond donors (Lipinski definition) is 0. The van der Waals surface area contributed by atoms with Crippen LogP contribution in [0.1, 0.15) is 39.5 Å². The topological polar surface area (TPSA) is 34.3 Å². The summed E-state index contributed by atoms with van der Waals surface area (Å²) >= 11 is 0. The van der Waals surface area contributed by atoms with E-state index in [4.69, 9.17) is 14.2 Å². The second kappa shape index (κ2) is 6.24. The molecule has 2 fully saturated rings. The van der Waals surface area contributed by atoms with Crippen LogP contribution in [0.4, 0.5) is 0 Å². The molecule has 2 heterocycles. The van der Waals surface area contributed by atoms with Crippen LogP contribution in [-0.4, -0.2) is 25.9 Å². The number of aryl methyl sites for hydroxylation is 4. The average molecular weight is 338 g/mol. The highest BCUT2D eigenvalue weighted by Crippen LogP contribution is 2.59. The Balaban J connectivity index is 1.71. The lowest BCUT2D eigenvalue weighted by Crippen LogP contribution is -2.23. The van der Waals surface area contributed by atoms with Crippen molar-refractivity contribution in [1.29, 1.82) is 0 Å². The highest BCUT2D eigenvalue weighted by Gasteiger charge is 2.60. The highest BCUT2D eigenvalue weighted by atomic mass is 16.6. The summed E-state index contributed by atoms with van der Waals surface area (Å²) in [5.74, 6) is 0. The van der Waals surface area contributed by atoms with Crippen molar-refractivity contribution in [3.05, 3.63) is 69.8 Å². The summed E-state index contributed by atoms with van der Waals surface area (Å²) in [4.78, 5) is 0. The first kappa shape index (κ1) is 16.8. The van der Waals surface area contributed by atoms with Crippen molar-refractivity contribution in [3.8, 4) is 0 Å². The van der Waals surface area contributed by atoms with Crippen molar-refractivity contribution >= 4 is 0 Å². The third-order valence-electron chi connectivity index (χ3n) is 5.43. The molecule has 0 bridgehead atoms. The van der Waals surface area contributed by atoms with E-state index in [-0.39, 0.29) is 17.8 Å². The van der Waals surface area contributed by atoms with E-state index in [1.165, 1.54) is 33.4 Å². The minimum atomic E-state index is -0.388. The molecule has 0 saturated carbocycles. The smallest absolute Gasteiger partial charge is 0.148 e. The van der Waals surface area contributed by atoms with Crippen molar-refractivity contribution in [3.63, 3.8) is 0 Å². The lowest BCUT2D eigenvalue weighted by Gasteiger charge is -2.20. The van der Waals surface area contributed by atoms with Crippen molar-refractivity contribution in [2.45, 2.75) is 45.5 Å². The minimum absolute atomic E-state index is 0.0496. The molecular formula is C22H26O3. The van der Waals surface area contributed by atoms with Gasteiger partial charge in [0.15, 0.2) is 0 Å². The van der Waals surface area contributed by atoms with Gasteiger partial charge in [0.05, 0.1) is 19.8 Å². The number of ether oxygens (including phenoxy) is 3. The third-order valence-corrected chi connectivity index (χ3v) is 5.43. The molecular weight excluding hydrogens is 312 g/mol. The monoisotopic (exact) mass is 338 g/mol. The molecule has 25 heavy (non-hydrogen) atoms. The molecule has 2 aromatic carbocycles. The van der Waals surface area contributed by atoms with Gasteiger partial charge in [-0.1, -0.05) is 36.4 Å². The Hall–Kier alpha value is -1.68. The Kier molecular flexibility index (Phi) is 4.19. The van der Waals surface area contributed by atoms with Gasteiger partial charge in [0.2, 0.25) is 0 Å². The molecule has 0 aliphatic carbocycles. The maximum absolute atomic E-state index is 6.44. The zero-order valence-electron chi connectivity index (χ0n) is 15.5. The molecule has 2 aliphatic heterocycles. The standard InChI is InChI=1S/C22H26O3/c1-14-7-5-8-15(2)19(14)21-22(25-21,13-23-11-18-12-24-18)20-16(3)9-6-10-17(20)4/h5-10,18,21H,11-13H2,1-4H3. The fourth-order valence-electron chi connectivity index (χ4n) is 4.07. The molecule has 3 heteroatoms. The van der Waals surface area contributed by atoms with Gasteiger partial charge < -0.3 is 14.2 Å². The van der Waals surface area contributed by atoms with Crippen molar-refractivity contribution in [2.75, 3.05) is 19.8 Å². The molecule has 0 amide bonds. The summed E-state index contributed by atoms with van der Waals surface area (Å²) in [6.45, 7) is 10.7.